The third-order valence-corrected chi connectivity index (χ3v) is 4.37. The fraction of sp³-hybridized carbons (Fsp3) is 0.364. The fourth-order valence-corrected chi connectivity index (χ4v) is 2.93. The Morgan fingerprint density at radius 2 is 1.94 bits per heavy atom. The highest BCUT2D eigenvalue weighted by molar-refractivity contribution is 7.98. The van der Waals surface area contributed by atoms with Crippen molar-refractivity contribution in [2.45, 2.75) is 17.9 Å². The van der Waals surface area contributed by atoms with Gasteiger partial charge >= 0.3 is 5.97 Å². The number of nitrogens with one attached hydrogen (secondary N) is 1. The highest BCUT2D eigenvalue weighted by Gasteiger charge is 2.19. The first kappa shape index (κ1) is 15.0. The van der Waals surface area contributed by atoms with Crippen LogP contribution in [0.4, 0.5) is 0 Å². The zero-order valence-electron chi connectivity index (χ0n) is 10.1. The Labute approximate surface area is 111 Å². The molecule has 100 valence electrons. The molecule has 0 spiro atoms. The summed E-state index contributed by atoms with van der Waals surface area (Å²) in [6, 6.07) is 6.97. The summed E-state index contributed by atoms with van der Waals surface area (Å²) in [4.78, 5) is 11.5. The molecule has 1 aromatic rings. The van der Waals surface area contributed by atoms with Gasteiger partial charge in [0.1, 0.15) is 0 Å². The van der Waals surface area contributed by atoms with Gasteiger partial charge in [-0.05, 0) is 30.9 Å². The van der Waals surface area contributed by atoms with Crippen molar-refractivity contribution in [3.63, 3.8) is 0 Å². The Hall–Kier alpha value is -1.05. The Kier molecular flexibility index (Phi) is 5.18. The molecule has 0 bridgehead atoms. The summed E-state index contributed by atoms with van der Waals surface area (Å²) < 4.78 is 25.2. The topological polar surface area (TPSA) is 83.5 Å². The average Bonchev–Trinajstić information content (AvgIpc) is 2.26. The normalized spacial score (nSPS) is 13.2. The van der Waals surface area contributed by atoms with E-state index in [9.17, 15) is 13.2 Å². The lowest BCUT2D eigenvalue weighted by atomic mass is 10.1. The minimum atomic E-state index is -3.80. The molecule has 0 radical (unpaired) electrons. The molecule has 0 saturated heterocycles. The van der Waals surface area contributed by atoms with Crippen LogP contribution in [0.5, 0.6) is 0 Å². The second kappa shape index (κ2) is 6.21. The lowest BCUT2D eigenvalue weighted by Crippen LogP contribution is -2.32. The molecule has 0 aliphatic rings. The summed E-state index contributed by atoms with van der Waals surface area (Å²) in [6.07, 6.45) is 1.95. The van der Waals surface area contributed by atoms with Crippen molar-refractivity contribution in [1.29, 1.82) is 0 Å². The van der Waals surface area contributed by atoms with E-state index < -0.39 is 27.8 Å². The molecule has 0 heterocycles. The van der Waals surface area contributed by atoms with Gasteiger partial charge in [0.25, 0.3) is 0 Å². The number of carboxylic acids is 1. The maximum absolute atomic E-state index is 11.5. The standard InChI is InChI=1S/C11H15NO4S2/c1-8(12-18(15,16)7-11(13)14)9-3-5-10(17-2)6-4-9/h3-6,8,12H,7H2,1-2H3,(H,13,14). The van der Waals surface area contributed by atoms with Crippen LogP contribution in [0.2, 0.25) is 0 Å². The van der Waals surface area contributed by atoms with Crippen molar-refractivity contribution >= 4 is 27.8 Å². The lowest BCUT2D eigenvalue weighted by Gasteiger charge is -2.14. The number of rotatable bonds is 6. The smallest absolute Gasteiger partial charge is 0.320 e. The molecule has 1 atom stereocenters. The van der Waals surface area contributed by atoms with E-state index in [0.717, 1.165) is 10.5 Å². The first-order valence-electron chi connectivity index (χ1n) is 5.20. The van der Waals surface area contributed by atoms with E-state index in [1.807, 2.05) is 30.5 Å². The number of aliphatic carboxylic acids is 1. The Balaban J connectivity index is 2.75. The maximum Gasteiger partial charge on any atom is 0.320 e. The third-order valence-electron chi connectivity index (χ3n) is 2.29. The molecule has 1 aromatic carbocycles. The summed E-state index contributed by atoms with van der Waals surface area (Å²) in [5.41, 5.74) is 0.793. The van der Waals surface area contributed by atoms with Crippen LogP contribution in [-0.2, 0) is 14.8 Å². The highest BCUT2D eigenvalue weighted by Crippen LogP contribution is 2.19. The van der Waals surface area contributed by atoms with Gasteiger partial charge in [-0.3, -0.25) is 4.79 Å². The summed E-state index contributed by atoms with van der Waals surface area (Å²) in [5.74, 6) is -2.28. The minimum absolute atomic E-state index is 0.453. The van der Waals surface area contributed by atoms with E-state index >= 15 is 0 Å². The Morgan fingerprint density at radius 1 is 1.39 bits per heavy atom. The summed E-state index contributed by atoms with van der Waals surface area (Å²) in [7, 11) is -3.80. The molecule has 0 fully saturated rings. The van der Waals surface area contributed by atoms with E-state index in [4.69, 9.17) is 5.11 Å². The molecule has 7 heteroatoms. The van der Waals surface area contributed by atoms with Crippen molar-refractivity contribution in [3.05, 3.63) is 29.8 Å². The van der Waals surface area contributed by atoms with Crippen molar-refractivity contribution in [3.8, 4) is 0 Å². The molecular weight excluding hydrogens is 274 g/mol. The molecule has 0 amide bonds. The zero-order valence-corrected chi connectivity index (χ0v) is 11.7. The lowest BCUT2D eigenvalue weighted by molar-refractivity contribution is -0.134. The predicted octanol–water partition coefficient (Wildman–Crippen LogP) is 1.47. The van der Waals surface area contributed by atoms with E-state index in [2.05, 4.69) is 4.72 Å². The van der Waals surface area contributed by atoms with Gasteiger partial charge in [-0.25, -0.2) is 13.1 Å². The molecular formula is C11H15NO4S2. The van der Waals surface area contributed by atoms with Crippen LogP contribution in [0.1, 0.15) is 18.5 Å². The molecule has 0 aliphatic heterocycles. The molecule has 0 saturated carbocycles. The van der Waals surface area contributed by atoms with Crippen LogP contribution in [0.15, 0.2) is 29.2 Å². The molecule has 0 aliphatic carbocycles. The van der Waals surface area contributed by atoms with Crippen molar-refractivity contribution in [1.82, 2.24) is 4.72 Å². The van der Waals surface area contributed by atoms with Crippen molar-refractivity contribution < 1.29 is 18.3 Å². The van der Waals surface area contributed by atoms with Crippen LogP contribution in [0.3, 0.4) is 0 Å². The molecule has 18 heavy (non-hydrogen) atoms. The Morgan fingerprint density at radius 3 is 2.39 bits per heavy atom. The second-order valence-electron chi connectivity index (χ2n) is 3.77. The number of carboxylic acid groups (broad SMARTS) is 1. The van der Waals surface area contributed by atoms with Gasteiger partial charge < -0.3 is 5.11 Å². The molecule has 2 N–H and O–H groups in total. The van der Waals surface area contributed by atoms with E-state index in [0.29, 0.717) is 0 Å². The summed E-state index contributed by atoms with van der Waals surface area (Å²) >= 11 is 1.59. The number of thioether (sulfide) groups is 1. The monoisotopic (exact) mass is 289 g/mol. The van der Waals surface area contributed by atoms with Gasteiger partial charge in [-0.15, -0.1) is 11.8 Å². The number of benzene rings is 1. The van der Waals surface area contributed by atoms with Crippen LogP contribution in [0.25, 0.3) is 0 Å². The van der Waals surface area contributed by atoms with Crippen molar-refractivity contribution in [2.24, 2.45) is 0 Å². The quantitative estimate of drug-likeness (QED) is 0.775. The van der Waals surface area contributed by atoms with Crippen LogP contribution in [-0.4, -0.2) is 31.5 Å². The number of hydrogen-bond donors (Lipinski definition) is 2. The van der Waals surface area contributed by atoms with Crippen LogP contribution < -0.4 is 4.72 Å². The van der Waals surface area contributed by atoms with Gasteiger partial charge in [0, 0.05) is 10.9 Å². The average molecular weight is 289 g/mol. The third kappa shape index (κ3) is 4.67. The first-order chi connectivity index (χ1) is 8.34. The number of carbonyl (C=O) groups is 1. The maximum atomic E-state index is 11.5. The van der Waals surface area contributed by atoms with Crippen LogP contribution >= 0.6 is 11.8 Å². The van der Waals surface area contributed by atoms with Crippen molar-refractivity contribution in [2.75, 3.05) is 12.0 Å². The number of hydrogen-bond acceptors (Lipinski definition) is 4. The molecule has 5 nitrogen and oxygen atoms in total. The zero-order chi connectivity index (χ0) is 13.8. The molecule has 0 aromatic heterocycles. The number of sulfonamides is 1. The Bertz CT molecular complexity index is 510. The minimum Gasteiger partial charge on any atom is -0.480 e. The molecule has 1 unspecified atom stereocenters. The fourth-order valence-electron chi connectivity index (χ4n) is 1.43. The van der Waals surface area contributed by atoms with Gasteiger partial charge in [0.05, 0.1) is 0 Å². The van der Waals surface area contributed by atoms with E-state index in [1.165, 1.54) is 0 Å². The van der Waals surface area contributed by atoms with Gasteiger partial charge in [0.2, 0.25) is 10.0 Å². The van der Waals surface area contributed by atoms with Gasteiger partial charge in [-0.2, -0.15) is 0 Å². The second-order valence-corrected chi connectivity index (χ2v) is 6.40. The highest BCUT2D eigenvalue weighted by atomic mass is 32.2. The van der Waals surface area contributed by atoms with Crippen LogP contribution in [0, 0.1) is 0 Å². The predicted molar refractivity (Wildman–Crippen MR) is 71.2 cm³/mol. The van der Waals surface area contributed by atoms with E-state index in [1.54, 1.807) is 18.7 Å². The first-order valence-corrected chi connectivity index (χ1v) is 8.07. The molecule has 1 rings (SSSR count). The van der Waals surface area contributed by atoms with Gasteiger partial charge in [0.15, 0.2) is 5.75 Å². The summed E-state index contributed by atoms with van der Waals surface area (Å²) in [6.45, 7) is 1.67. The SMILES string of the molecule is CSc1ccc(C(C)NS(=O)(=O)CC(=O)O)cc1. The van der Waals surface area contributed by atoms with Gasteiger partial charge in [-0.1, -0.05) is 12.1 Å². The largest absolute Gasteiger partial charge is 0.480 e. The summed E-state index contributed by atoms with van der Waals surface area (Å²) in [5, 5.41) is 8.48. The van der Waals surface area contributed by atoms with E-state index in [-0.39, 0.29) is 0 Å².